The minimum Gasteiger partial charge on any atom is -0.450 e. The molecule has 4 rings (SSSR count). The topological polar surface area (TPSA) is 13.1 Å². The van der Waals surface area contributed by atoms with E-state index in [0.717, 1.165) is 30.9 Å². The Morgan fingerprint density at radius 2 is 1.65 bits per heavy atom. The molecule has 2 aromatic carbocycles. The number of benzene rings is 2. The Morgan fingerprint density at radius 1 is 0.957 bits per heavy atom. The van der Waals surface area contributed by atoms with Gasteiger partial charge < -0.3 is 4.42 Å². The summed E-state index contributed by atoms with van der Waals surface area (Å²) in [6.45, 7) is 2.17. The summed E-state index contributed by atoms with van der Waals surface area (Å²) in [5, 5.41) is 0.848. The van der Waals surface area contributed by atoms with Gasteiger partial charge in [0, 0.05) is 16.3 Å². The second kappa shape index (κ2) is 5.15. The monoisotopic (exact) mass is 316 g/mol. The molecule has 0 spiro atoms. The largest absolute Gasteiger partial charge is 0.450 e. The molecule has 23 heavy (non-hydrogen) atoms. The lowest BCUT2D eigenvalue weighted by molar-refractivity contribution is 0.494. The van der Waals surface area contributed by atoms with Gasteiger partial charge in [-0.25, -0.2) is 8.78 Å². The molecule has 0 saturated carbocycles. The third-order valence-corrected chi connectivity index (χ3v) is 4.66. The van der Waals surface area contributed by atoms with E-state index >= 15 is 0 Å². The van der Waals surface area contributed by atoms with Crippen molar-refractivity contribution >= 4 is 27.5 Å². The number of halogens is 3. The first-order chi connectivity index (χ1) is 11.1. The van der Waals surface area contributed by atoms with Gasteiger partial charge in [-0.2, -0.15) is 4.39 Å². The fourth-order valence-electron chi connectivity index (χ4n) is 3.27. The second-order valence-corrected chi connectivity index (χ2v) is 6.25. The molecule has 0 amide bonds. The maximum absolute atomic E-state index is 14.9. The minimum absolute atomic E-state index is 0.0125. The summed E-state index contributed by atoms with van der Waals surface area (Å²) in [5.41, 5.74) is 1.20. The zero-order valence-electron chi connectivity index (χ0n) is 12.6. The molecule has 0 radical (unpaired) electrons. The highest BCUT2D eigenvalue weighted by molar-refractivity contribution is 6.06. The molecular weight excluding hydrogens is 301 g/mol. The van der Waals surface area contributed by atoms with Gasteiger partial charge in [0.25, 0.3) is 0 Å². The van der Waals surface area contributed by atoms with E-state index in [1.165, 1.54) is 6.07 Å². The van der Waals surface area contributed by atoms with Gasteiger partial charge in [0.05, 0.1) is 0 Å². The number of fused-ring (bicyclic) bond motifs is 3. The molecule has 0 N–H and O–H groups in total. The lowest BCUT2D eigenvalue weighted by atomic mass is 9.87. The zero-order chi connectivity index (χ0) is 16.1. The third kappa shape index (κ3) is 2.16. The first kappa shape index (κ1) is 14.4. The highest BCUT2D eigenvalue weighted by atomic mass is 19.2. The first-order valence-electron chi connectivity index (χ1n) is 7.74. The van der Waals surface area contributed by atoms with E-state index < -0.39 is 17.5 Å². The van der Waals surface area contributed by atoms with Gasteiger partial charge in [0.15, 0.2) is 22.8 Å². The van der Waals surface area contributed by atoms with Crippen LogP contribution in [-0.2, 0) is 0 Å². The Morgan fingerprint density at radius 3 is 2.35 bits per heavy atom. The number of furan rings is 1. The van der Waals surface area contributed by atoms with Crippen LogP contribution in [0.15, 0.2) is 34.8 Å². The fourth-order valence-corrected chi connectivity index (χ4v) is 3.27. The normalized spacial score (nSPS) is 18.6. The number of hydrogen-bond donors (Lipinski definition) is 0. The second-order valence-electron chi connectivity index (χ2n) is 6.25. The van der Waals surface area contributed by atoms with E-state index in [1.807, 2.05) is 0 Å². The van der Waals surface area contributed by atoms with Gasteiger partial charge in [-0.1, -0.05) is 19.1 Å². The van der Waals surface area contributed by atoms with Gasteiger partial charge in [-0.05, 0) is 49.0 Å². The lowest BCUT2D eigenvalue weighted by Gasteiger charge is -2.18. The Labute approximate surface area is 131 Å². The van der Waals surface area contributed by atoms with E-state index in [4.69, 9.17) is 4.42 Å². The van der Waals surface area contributed by atoms with Crippen LogP contribution in [0.2, 0.25) is 0 Å². The standard InChI is InChI=1S/C19H15F3O/c1-10-2-4-11(5-3-10)12-6-7-13-14-8-9-15(20)17(22)19(14)23-18(13)16(12)21/h4,6-10H,2-3,5H2,1H3. The molecule has 3 aromatic rings. The number of hydrogen-bond acceptors (Lipinski definition) is 1. The van der Waals surface area contributed by atoms with Crippen LogP contribution in [0.1, 0.15) is 31.7 Å². The molecule has 118 valence electrons. The van der Waals surface area contributed by atoms with E-state index in [9.17, 15) is 13.2 Å². The van der Waals surface area contributed by atoms with Crippen LogP contribution in [0.25, 0.3) is 27.5 Å². The Hall–Kier alpha value is -2.23. The molecular formula is C19H15F3O. The van der Waals surface area contributed by atoms with Crippen LogP contribution in [0, 0.1) is 23.4 Å². The van der Waals surface area contributed by atoms with Crippen LogP contribution >= 0.6 is 0 Å². The quantitative estimate of drug-likeness (QED) is 0.520. The number of allylic oxidation sites excluding steroid dienone is 2. The van der Waals surface area contributed by atoms with Gasteiger partial charge >= 0.3 is 0 Å². The summed E-state index contributed by atoms with van der Waals surface area (Å²) < 4.78 is 47.4. The maximum atomic E-state index is 14.9. The maximum Gasteiger partial charge on any atom is 0.201 e. The summed E-state index contributed by atoms with van der Waals surface area (Å²) in [5.74, 6) is -1.97. The molecule has 0 bridgehead atoms. The molecule has 1 nitrogen and oxygen atoms in total. The van der Waals surface area contributed by atoms with Crippen molar-refractivity contribution in [3.8, 4) is 0 Å². The predicted molar refractivity (Wildman–Crippen MR) is 84.6 cm³/mol. The molecule has 0 aliphatic heterocycles. The van der Waals surface area contributed by atoms with Crippen molar-refractivity contribution in [2.45, 2.75) is 26.2 Å². The fraction of sp³-hybridized carbons (Fsp3) is 0.263. The minimum atomic E-state index is -1.08. The van der Waals surface area contributed by atoms with Crippen molar-refractivity contribution in [1.29, 1.82) is 0 Å². The van der Waals surface area contributed by atoms with Crippen molar-refractivity contribution in [3.05, 3.63) is 53.4 Å². The van der Waals surface area contributed by atoms with Crippen molar-refractivity contribution in [2.75, 3.05) is 0 Å². The zero-order valence-corrected chi connectivity index (χ0v) is 12.6. The van der Waals surface area contributed by atoms with Gasteiger partial charge in [-0.15, -0.1) is 0 Å². The van der Waals surface area contributed by atoms with Crippen LogP contribution in [0.5, 0.6) is 0 Å². The number of rotatable bonds is 1. The van der Waals surface area contributed by atoms with Gasteiger partial charge in [-0.3, -0.25) is 0 Å². The molecule has 1 atom stereocenters. The summed E-state index contributed by atoms with van der Waals surface area (Å²) in [4.78, 5) is 0. The molecule has 4 heteroatoms. The molecule has 1 heterocycles. The van der Waals surface area contributed by atoms with E-state index in [-0.39, 0.29) is 11.2 Å². The first-order valence-corrected chi connectivity index (χ1v) is 7.74. The van der Waals surface area contributed by atoms with Crippen molar-refractivity contribution in [3.63, 3.8) is 0 Å². The molecule has 0 fully saturated rings. The third-order valence-electron chi connectivity index (χ3n) is 4.66. The van der Waals surface area contributed by atoms with E-state index in [0.29, 0.717) is 22.3 Å². The highest BCUT2D eigenvalue weighted by Gasteiger charge is 2.21. The average Bonchev–Trinajstić information content (AvgIpc) is 2.93. The molecule has 0 saturated heterocycles. The summed E-state index contributed by atoms with van der Waals surface area (Å²) in [6.07, 6.45) is 4.81. The molecule has 1 unspecified atom stereocenters. The van der Waals surface area contributed by atoms with E-state index in [2.05, 4.69) is 13.0 Å². The van der Waals surface area contributed by atoms with E-state index in [1.54, 1.807) is 12.1 Å². The summed E-state index contributed by atoms with van der Waals surface area (Å²) in [6, 6.07) is 5.87. The summed E-state index contributed by atoms with van der Waals surface area (Å²) >= 11 is 0. The van der Waals surface area contributed by atoms with Crippen LogP contribution in [0.3, 0.4) is 0 Å². The van der Waals surface area contributed by atoms with Crippen molar-refractivity contribution in [2.24, 2.45) is 5.92 Å². The SMILES string of the molecule is CC1CC=C(c2ccc3c(oc4c(F)c(F)ccc43)c2F)CC1. The Kier molecular flexibility index (Phi) is 3.22. The Bertz CT molecular complexity index is 952. The van der Waals surface area contributed by atoms with Crippen LogP contribution in [-0.4, -0.2) is 0 Å². The van der Waals surface area contributed by atoms with Gasteiger partial charge in [0.2, 0.25) is 5.82 Å². The lowest BCUT2D eigenvalue weighted by Crippen LogP contribution is -2.02. The van der Waals surface area contributed by atoms with Crippen LogP contribution in [0.4, 0.5) is 13.2 Å². The predicted octanol–water partition coefficient (Wildman–Crippen LogP) is 6.21. The Balaban J connectivity index is 1.95. The molecule has 1 aliphatic carbocycles. The smallest absolute Gasteiger partial charge is 0.201 e. The van der Waals surface area contributed by atoms with Crippen molar-refractivity contribution < 1.29 is 17.6 Å². The summed E-state index contributed by atoms with van der Waals surface area (Å²) in [7, 11) is 0. The average molecular weight is 316 g/mol. The van der Waals surface area contributed by atoms with Crippen LogP contribution < -0.4 is 0 Å². The van der Waals surface area contributed by atoms with Crippen molar-refractivity contribution in [1.82, 2.24) is 0 Å². The molecule has 1 aliphatic rings. The van der Waals surface area contributed by atoms with Gasteiger partial charge in [0.1, 0.15) is 0 Å². The molecule has 1 aromatic heterocycles. The highest BCUT2D eigenvalue weighted by Crippen LogP contribution is 2.38.